The van der Waals surface area contributed by atoms with Gasteiger partial charge in [-0.3, -0.25) is 9.59 Å². The number of hydrogen-bond donors (Lipinski definition) is 0. The van der Waals surface area contributed by atoms with Crippen molar-refractivity contribution >= 4 is 18.1 Å². The Morgan fingerprint density at radius 1 is 1.14 bits per heavy atom. The third-order valence-electron chi connectivity index (χ3n) is 3.54. The van der Waals surface area contributed by atoms with E-state index < -0.39 is 48.6 Å². The van der Waals surface area contributed by atoms with Gasteiger partial charge < -0.3 is 23.7 Å². The molecular formula is C14H20O8. The van der Waals surface area contributed by atoms with Gasteiger partial charge in [-0.15, -0.1) is 0 Å². The van der Waals surface area contributed by atoms with Gasteiger partial charge in [0, 0.05) is 13.8 Å². The molecular weight excluding hydrogens is 296 g/mol. The molecule has 2 heterocycles. The predicted molar refractivity (Wildman–Crippen MR) is 70.8 cm³/mol. The Morgan fingerprint density at radius 2 is 1.77 bits per heavy atom. The second kappa shape index (κ2) is 6.51. The highest BCUT2D eigenvalue weighted by Gasteiger charge is 2.56. The maximum atomic E-state index is 11.5. The van der Waals surface area contributed by atoms with Crippen molar-refractivity contribution in [1.82, 2.24) is 0 Å². The molecule has 0 aromatic heterocycles. The minimum absolute atomic E-state index is 0.00979. The van der Waals surface area contributed by atoms with Crippen LogP contribution in [-0.2, 0) is 33.3 Å². The third-order valence-corrected chi connectivity index (χ3v) is 3.54. The SMILES string of the molecule is CC(=O)OCC1O[C@H](C(C)C)C(OC(C)=O)[C@H]2OC(=O)O[C@@H]12. The molecule has 2 aliphatic rings. The Morgan fingerprint density at radius 3 is 2.32 bits per heavy atom. The Kier molecular flexibility index (Phi) is 4.90. The lowest BCUT2D eigenvalue weighted by molar-refractivity contribution is -0.223. The molecule has 124 valence electrons. The number of hydrogen-bond acceptors (Lipinski definition) is 8. The van der Waals surface area contributed by atoms with Crippen molar-refractivity contribution in [2.24, 2.45) is 5.92 Å². The Balaban J connectivity index is 2.21. The van der Waals surface area contributed by atoms with Gasteiger partial charge in [0.25, 0.3) is 0 Å². The molecule has 0 N–H and O–H groups in total. The summed E-state index contributed by atoms with van der Waals surface area (Å²) >= 11 is 0. The van der Waals surface area contributed by atoms with E-state index in [4.69, 9.17) is 23.7 Å². The smallest absolute Gasteiger partial charge is 0.463 e. The molecule has 8 nitrogen and oxygen atoms in total. The van der Waals surface area contributed by atoms with Crippen LogP contribution in [0.3, 0.4) is 0 Å². The second-order valence-corrected chi connectivity index (χ2v) is 5.67. The molecule has 22 heavy (non-hydrogen) atoms. The topological polar surface area (TPSA) is 97.4 Å². The zero-order valence-electron chi connectivity index (χ0n) is 12.9. The number of esters is 2. The zero-order chi connectivity index (χ0) is 16.4. The minimum Gasteiger partial charge on any atom is -0.463 e. The van der Waals surface area contributed by atoms with E-state index in [1.54, 1.807) is 0 Å². The van der Waals surface area contributed by atoms with Crippen molar-refractivity contribution in [3.63, 3.8) is 0 Å². The van der Waals surface area contributed by atoms with Crippen molar-refractivity contribution < 1.29 is 38.1 Å². The molecule has 2 saturated heterocycles. The fourth-order valence-electron chi connectivity index (χ4n) is 2.67. The third kappa shape index (κ3) is 3.49. The lowest BCUT2D eigenvalue weighted by Gasteiger charge is -2.41. The number of rotatable bonds is 4. The van der Waals surface area contributed by atoms with Gasteiger partial charge in [-0.05, 0) is 5.92 Å². The number of ether oxygens (including phenoxy) is 5. The average Bonchev–Trinajstić information content (AvgIpc) is 2.78. The van der Waals surface area contributed by atoms with Crippen LogP contribution in [0.2, 0.25) is 0 Å². The maximum Gasteiger partial charge on any atom is 0.509 e. The first-order valence-electron chi connectivity index (χ1n) is 7.13. The maximum absolute atomic E-state index is 11.5. The minimum atomic E-state index is -0.854. The Labute approximate surface area is 128 Å². The van der Waals surface area contributed by atoms with Crippen LogP contribution < -0.4 is 0 Å². The normalized spacial score (nSPS) is 33.7. The highest BCUT2D eigenvalue weighted by Crippen LogP contribution is 2.35. The first-order chi connectivity index (χ1) is 10.3. The Bertz CT molecular complexity index is 460. The van der Waals surface area contributed by atoms with Crippen LogP contribution in [0.4, 0.5) is 4.79 Å². The van der Waals surface area contributed by atoms with E-state index >= 15 is 0 Å². The van der Waals surface area contributed by atoms with Crippen LogP contribution in [0.15, 0.2) is 0 Å². The van der Waals surface area contributed by atoms with Crippen LogP contribution in [0.25, 0.3) is 0 Å². The van der Waals surface area contributed by atoms with Gasteiger partial charge >= 0.3 is 18.1 Å². The fraction of sp³-hybridized carbons (Fsp3) is 0.786. The molecule has 0 amide bonds. The van der Waals surface area contributed by atoms with E-state index in [0.717, 1.165) is 0 Å². The number of fused-ring (bicyclic) bond motifs is 1. The van der Waals surface area contributed by atoms with Gasteiger partial charge in [0.15, 0.2) is 18.3 Å². The summed E-state index contributed by atoms with van der Waals surface area (Å²) in [6, 6.07) is 0. The molecule has 5 atom stereocenters. The van der Waals surface area contributed by atoms with E-state index in [1.807, 2.05) is 13.8 Å². The average molecular weight is 316 g/mol. The molecule has 0 spiro atoms. The zero-order valence-corrected chi connectivity index (χ0v) is 12.9. The van der Waals surface area contributed by atoms with Crippen molar-refractivity contribution in [1.29, 1.82) is 0 Å². The quantitative estimate of drug-likeness (QED) is 0.555. The molecule has 0 saturated carbocycles. The monoisotopic (exact) mass is 316 g/mol. The largest absolute Gasteiger partial charge is 0.509 e. The molecule has 0 aromatic rings. The summed E-state index contributed by atoms with van der Waals surface area (Å²) in [7, 11) is 0. The first-order valence-corrected chi connectivity index (χ1v) is 7.13. The van der Waals surface area contributed by atoms with Crippen LogP contribution in [0.1, 0.15) is 27.7 Å². The lowest BCUT2D eigenvalue weighted by atomic mass is 9.89. The van der Waals surface area contributed by atoms with Gasteiger partial charge in [0.05, 0.1) is 0 Å². The molecule has 0 aromatic carbocycles. The molecule has 0 radical (unpaired) electrons. The summed E-state index contributed by atoms with van der Waals surface area (Å²) in [4.78, 5) is 33.8. The van der Waals surface area contributed by atoms with E-state index in [2.05, 4.69) is 0 Å². The molecule has 2 unspecified atom stereocenters. The highest BCUT2D eigenvalue weighted by molar-refractivity contribution is 5.67. The predicted octanol–water partition coefficient (Wildman–Crippen LogP) is 0.809. The first kappa shape index (κ1) is 16.5. The van der Waals surface area contributed by atoms with Crippen LogP contribution >= 0.6 is 0 Å². The van der Waals surface area contributed by atoms with Crippen LogP contribution in [-0.4, -0.2) is 55.2 Å². The van der Waals surface area contributed by atoms with Crippen molar-refractivity contribution in [3.8, 4) is 0 Å². The molecule has 0 aliphatic carbocycles. The Hall–Kier alpha value is -1.83. The van der Waals surface area contributed by atoms with Gasteiger partial charge in [-0.25, -0.2) is 4.79 Å². The van der Waals surface area contributed by atoms with Crippen molar-refractivity contribution in [2.45, 2.75) is 58.2 Å². The summed E-state index contributed by atoms with van der Waals surface area (Å²) in [5.41, 5.74) is 0. The lowest BCUT2D eigenvalue weighted by Crippen LogP contribution is -2.60. The van der Waals surface area contributed by atoms with E-state index in [0.29, 0.717) is 0 Å². The summed E-state index contributed by atoms with van der Waals surface area (Å²) in [5.74, 6) is -0.975. The number of carbonyl (C=O) groups excluding carboxylic acids is 3. The molecule has 8 heteroatoms. The second-order valence-electron chi connectivity index (χ2n) is 5.67. The summed E-state index contributed by atoms with van der Waals surface area (Å²) < 4.78 is 26.3. The molecule has 2 fully saturated rings. The van der Waals surface area contributed by atoms with E-state index in [-0.39, 0.29) is 12.5 Å². The van der Waals surface area contributed by atoms with Gasteiger partial charge in [0.1, 0.15) is 18.8 Å². The molecule has 2 aliphatic heterocycles. The van der Waals surface area contributed by atoms with Crippen molar-refractivity contribution in [3.05, 3.63) is 0 Å². The molecule has 0 bridgehead atoms. The molecule has 2 rings (SSSR count). The summed E-state index contributed by atoms with van der Waals surface area (Å²) in [6.45, 7) is 6.27. The van der Waals surface area contributed by atoms with Crippen LogP contribution in [0.5, 0.6) is 0 Å². The van der Waals surface area contributed by atoms with Gasteiger partial charge in [0.2, 0.25) is 0 Å². The van der Waals surface area contributed by atoms with Crippen LogP contribution in [0, 0.1) is 5.92 Å². The summed E-state index contributed by atoms with van der Waals surface area (Å²) in [6.07, 6.45) is -4.35. The van der Waals surface area contributed by atoms with E-state index in [1.165, 1.54) is 13.8 Å². The fourth-order valence-corrected chi connectivity index (χ4v) is 2.67. The standard InChI is InChI=1S/C14H20O8/c1-6(2)10-12(19-8(4)16)13-11(21-14(17)22-13)9(20-10)5-18-7(3)15/h6,9-13H,5H2,1-4H3/t9?,10-,11+,12?,13+/m1/s1. The van der Waals surface area contributed by atoms with E-state index in [9.17, 15) is 14.4 Å². The number of carbonyl (C=O) groups is 3. The van der Waals surface area contributed by atoms with Gasteiger partial charge in [-0.1, -0.05) is 13.8 Å². The highest BCUT2D eigenvalue weighted by atomic mass is 16.8. The summed E-state index contributed by atoms with van der Waals surface area (Å²) in [5, 5.41) is 0. The van der Waals surface area contributed by atoms with Gasteiger partial charge in [-0.2, -0.15) is 0 Å². The van der Waals surface area contributed by atoms with Crippen molar-refractivity contribution in [2.75, 3.05) is 6.61 Å².